The SMILES string of the molecule is CCc1ccc([C@H](NC(=O)c2cc(C)cc(C)c2)c2cccs2)cc1. The van der Waals surface area contributed by atoms with E-state index in [1.54, 1.807) is 11.3 Å². The Balaban J connectivity index is 1.91. The number of benzene rings is 2. The number of carbonyl (C=O) groups is 1. The van der Waals surface area contributed by atoms with Crippen molar-refractivity contribution in [3.63, 3.8) is 0 Å². The Labute approximate surface area is 153 Å². The first-order valence-electron chi connectivity index (χ1n) is 8.58. The van der Waals surface area contributed by atoms with Crippen LogP contribution in [0.3, 0.4) is 0 Å². The van der Waals surface area contributed by atoms with Crippen molar-refractivity contribution in [1.82, 2.24) is 5.32 Å². The smallest absolute Gasteiger partial charge is 0.252 e. The van der Waals surface area contributed by atoms with Crippen molar-refractivity contribution >= 4 is 17.2 Å². The van der Waals surface area contributed by atoms with E-state index in [2.05, 4.69) is 48.6 Å². The van der Waals surface area contributed by atoms with Crippen LogP contribution in [0.1, 0.15) is 50.5 Å². The highest BCUT2D eigenvalue weighted by atomic mass is 32.1. The van der Waals surface area contributed by atoms with Gasteiger partial charge in [0.2, 0.25) is 0 Å². The lowest BCUT2D eigenvalue weighted by Gasteiger charge is -2.19. The van der Waals surface area contributed by atoms with Gasteiger partial charge in [-0.3, -0.25) is 4.79 Å². The quantitative estimate of drug-likeness (QED) is 0.652. The van der Waals surface area contributed by atoms with Crippen molar-refractivity contribution in [3.05, 3.63) is 92.7 Å². The second kappa shape index (κ2) is 7.66. The minimum Gasteiger partial charge on any atom is -0.340 e. The summed E-state index contributed by atoms with van der Waals surface area (Å²) in [4.78, 5) is 14.0. The van der Waals surface area contributed by atoms with Crippen LogP contribution in [0.25, 0.3) is 0 Å². The first kappa shape index (κ1) is 17.4. The fourth-order valence-electron chi connectivity index (χ4n) is 3.04. The number of hydrogen-bond acceptors (Lipinski definition) is 2. The van der Waals surface area contributed by atoms with E-state index in [0.29, 0.717) is 5.56 Å². The van der Waals surface area contributed by atoms with E-state index in [1.807, 2.05) is 37.4 Å². The van der Waals surface area contributed by atoms with Gasteiger partial charge in [-0.25, -0.2) is 0 Å². The van der Waals surface area contributed by atoms with E-state index in [1.165, 1.54) is 5.56 Å². The van der Waals surface area contributed by atoms with Crippen molar-refractivity contribution in [2.24, 2.45) is 0 Å². The Morgan fingerprint density at radius 3 is 2.28 bits per heavy atom. The van der Waals surface area contributed by atoms with Crippen LogP contribution in [0.2, 0.25) is 0 Å². The molecule has 0 aliphatic heterocycles. The third kappa shape index (κ3) is 4.18. The van der Waals surface area contributed by atoms with Gasteiger partial charge in [-0.1, -0.05) is 54.4 Å². The lowest BCUT2D eigenvalue weighted by atomic mass is 10.0. The molecule has 1 N–H and O–H groups in total. The summed E-state index contributed by atoms with van der Waals surface area (Å²) in [5, 5.41) is 5.26. The van der Waals surface area contributed by atoms with Crippen LogP contribution >= 0.6 is 11.3 Å². The standard InChI is InChI=1S/C22H23NOS/c1-4-17-7-9-18(10-8-17)21(20-6-5-11-25-20)23-22(24)19-13-15(2)12-16(3)14-19/h5-14,21H,4H2,1-3H3,(H,23,24)/t21-/m0/s1. The number of rotatable bonds is 5. The average Bonchev–Trinajstić information content (AvgIpc) is 3.13. The molecular formula is C22H23NOS. The predicted molar refractivity (Wildman–Crippen MR) is 105 cm³/mol. The minimum absolute atomic E-state index is 0.0373. The van der Waals surface area contributed by atoms with Gasteiger partial charge in [-0.05, 0) is 55.0 Å². The first-order chi connectivity index (χ1) is 12.1. The van der Waals surface area contributed by atoms with E-state index in [0.717, 1.165) is 28.0 Å². The van der Waals surface area contributed by atoms with Crippen molar-refractivity contribution in [3.8, 4) is 0 Å². The van der Waals surface area contributed by atoms with E-state index in [-0.39, 0.29) is 11.9 Å². The fourth-order valence-corrected chi connectivity index (χ4v) is 3.84. The molecule has 0 saturated carbocycles. The molecule has 1 amide bonds. The van der Waals surface area contributed by atoms with Gasteiger partial charge < -0.3 is 5.32 Å². The summed E-state index contributed by atoms with van der Waals surface area (Å²) >= 11 is 1.66. The van der Waals surface area contributed by atoms with Crippen LogP contribution in [-0.4, -0.2) is 5.91 Å². The normalized spacial score (nSPS) is 12.0. The average molecular weight is 349 g/mol. The Hall–Kier alpha value is -2.39. The molecule has 0 aliphatic rings. The summed E-state index contributed by atoms with van der Waals surface area (Å²) < 4.78 is 0. The zero-order chi connectivity index (χ0) is 17.8. The molecule has 128 valence electrons. The van der Waals surface area contributed by atoms with Crippen LogP contribution in [0.4, 0.5) is 0 Å². The maximum Gasteiger partial charge on any atom is 0.252 e. The molecule has 25 heavy (non-hydrogen) atoms. The van der Waals surface area contributed by atoms with Crippen LogP contribution < -0.4 is 5.32 Å². The number of thiophene rings is 1. The van der Waals surface area contributed by atoms with Gasteiger partial charge in [0, 0.05) is 10.4 Å². The fraction of sp³-hybridized carbons (Fsp3) is 0.227. The highest BCUT2D eigenvalue weighted by molar-refractivity contribution is 7.10. The minimum atomic E-state index is -0.126. The highest BCUT2D eigenvalue weighted by Gasteiger charge is 2.19. The molecule has 3 aromatic rings. The van der Waals surface area contributed by atoms with Gasteiger partial charge in [-0.2, -0.15) is 0 Å². The van der Waals surface area contributed by atoms with Gasteiger partial charge in [0.25, 0.3) is 5.91 Å². The zero-order valence-corrected chi connectivity index (χ0v) is 15.7. The second-order valence-electron chi connectivity index (χ2n) is 6.39. The topological polar surface area (TPSA) is 29.1 Å². The van der Waals surface area contributed by atoms with Crippen LogP contribution in [0.15, 0.2) is 60.0 Å². The van der Waals surface area contributed by atoms with Crippen molar-refractivity contribution in [2.75, 3.05) is 0 Å². The molecule has 0 unspecified atom stereocenters. The monoisotopic (exact) mass is 349 g/mol. The van der Waals surface area contributed by atoms with Gasteiger partial charge in [0.05, 0.1) is 6.04 Å². The molecule has 2 aromatic carbocycles. The van der Waals surface area contributed by atoms with Gasteiger partial charge >= 0.3 is 0 Å². The number of amides is 1. The number of aryl methyl sites for hydroxylation is 3. The molecule has 1 heterocycles. The Kier molecular flexibility index (Phi) is 5.34. The number of hydrogen-bond donors (Lipinski definition) is 1. The lowest BCUT2D eigenvalue weighted by Crippen LogP contribution is -2.29. The third-order valence-corrected chi connectivity index (χ3v) is 5.25. The van der Waals surface area contributed by atoms with Crippen LogP contribution in [0.5, 0.6) is 0 Å². The molecule has 3 rings (SSSR count). The third-order valence-electron chi connectivity index (χ3n) is 4.31. The molecule has 3 heteroatoms. The van der Waals surface area contributed by atoms with Crippen LogP contribution in [-0.2, 0) is 6.42 Å². The molecule has 1 aromatic heterocycles. The molecule has 0 aliphatic carbocycles. The Bertz CT molecular complexity index is 830. The second-order valence-corrected chi connectivity index (χ2v) is 7.37. The van der Waals surface area contributed by atoms with E-state index < -0.39 is 0 Å². The molecule has 1 atom stereocenters. The number of carbonyl (C=O) groups excluding carboxylic acids is 1. The van der Waals surface area contributed by atoms with Crippen molar-refractivity contribution in [1.29, 1.82) is 0 Å². The molecule has 0 fully saturated rings. The van der Waals surface area contributed by atoms with Gasteiger partial charge in [0.1, 0.15) is 0 Å². The molecule has 0 radical (unpaired) electrons. The van der Waals surface area contributed by atoms with Gasteiger partial charge in [0.15, 0.2) is 0 Å². The summed E-state index contributed by atoms with van der Waals surface area (Å²) in [7, 11) is 0. The molecule has 0 bridgehead atoms. The largest absolute Gasteiger partial charge is 0.340 e. The summed E-state index contributed by atoms with van der Waals surface area (Å²) in [6.45, 7) is 6.18. The lowest BCUT2D eigenvalue weighted by molar-refractivity contribution is 0.0943. The summed E-state index contributed by atoms with van der Waals surface area (Å²) in [6, 6.07) is 18.4. The Morgan fingerprint density at radius 2 is 1.72 bits per heavy atom. The van der Waals surface area contributed by atoms with E-state index in [9.17, 15) is 4.79 Å². The number of nitrogens with one attached hydrogen (secondary N) is 1. The van der Waals surface area contributed by atoms with Crippen LogP contribution in [0, 0.1) is 13.8 Å². The summed E-state index contributed by atoms with van der Waals surface area (Å²) in [5.74, 6) is -0.0373. The summed E-state index contributed by atoms with van der Waals surface area (Å²) in [5.41, 5.74) is 5.33. The highest BCUT2D eigenvalue weighted by Crippen LogP contribution is 2.27. The van der Waals surface area contributed by atoms with Crippen molar-refractivity contribution < 1.29 is 4.79 Å². The molecule has 0 saturated heterocycles. The first-order valence-corrected chi connectivity index (χ1v) is 9.46. The summed E-state index contributed by atoms with van der Waals surface area (Å²) in [6.07, 6.45) is 1.01. The molecule has 2 nitrogen and oxygen atoms in total. The molecular weight excluding hydrogens is 326 g/mol. The van der Waals surface area contributed by atoms with E-state index in [4.69, 9.17) is 0 Å². The maximum atomic E-state index is 12.8. The van der Waals surface area contributed by atoms with Crippen molar-refractivity contribution in [2.45, 2.75) is 33.2 Å². The maximum absolute atomic E-state index is 12.8. The van der Waals surface area contributed by atoms with Gasteiger partial charge in [-0.15, -0.1) is 11.3 Å². The zero-order valence-electron chi connectivity index (χ0n) is 14.9. The molecule has 0 spiro atoms. The predicted octanol–water partition coefficient (Wildman–Crippen LogP) is 5.45. The Morgan fingerprint density at radius 1 is 1.04 bits per heavy atom. The van der Waals surface area contributed by atoms with E-state index >= 15 is 0 Å².